The van der Waals surface area contributed by atoms with Gasteiger partial charge in [0.25, 0.3) is 0 Å². The second-order valence-corrected chi connectivity index (χ2v) is 3.64. The van der Waals surface area contributed by atoms with E-state index in [2.05, 4.69) is 21.3 Å². The number of hydrogen-bond acceptors (Lipinski definition) is 4. The normalized spacial score (nSPS) is 18.5. The standard InChI is InChI=1S/C11H16O4/c1-14-10(12)15-9-5-8-11(13)6-3-2-4-7-11/h13H,2-4,6-7,9H2,1H3. The molecule has 0 aliphatic heterocycles. The van der Waals surface area contributed by atoms with Crippen LogP contribution >= 0.6 is 0 Å². The molecule has 1 rings (SSSR count). The number of rotatable bonds is 1. The zero-order valence-corrected chi connectivity index (χ0v) is 8.91. The first-order valence-corrected chi connectivity index (χ1v) is 5.09. The highest BCUT2D eigenvalue weighted by Crippen LogP contribution is 2.26. The van der Waals surface area contributed by atoms with Crippen LogP contribution < -0.4 is 0 Å². The van der Waals surface area contributed by atoms with Crippen LogP contribution in [0, 0.1) is 11.8 Å². The molecule has 0 bridgehead atoms. The molecule has 0 aromatic heterocycles. The van der Waals surface area contributed by atoms with Crippen LogP contribution in [0.4, 0.5) is 4.79 Å². The van der Waals surface area contributed by atoms with E-state index < -0.39 is 11.8 Å². The van der Waals surface area contributed by atoms with Crippen LogP contribution in [0.2, 0.25) is 0 Å². The lowest BCUT2D eigenvalue weighted by Crippen LogP contribution is -2.29. The van der Waals surface area contributed by atoms with Crippen molar-refractivity contribution in [2.75, 3.05) is 13.7 Å². The number of methoxy groups -OCH3 is 1. The molecule has 0 aromatic carbocycles. The molecule has 0 atom stereocenters. The Morgan fingerprint density at radius 2 is 2.07 bits per heavy atom. The van der Waals surface area contributed by atoms with E-state index in [4.69, 9.17) is 0 Å². The fourth-order valence-electron chi connectivity index (χ4n) is 1.62. The topological polar surface area (TPSA) is 55.8 Å². The van der Waals surface area contributed by atoms with Gasteiger partial charge in [-0.25, -0.2) is 4.79 Å². The lowest BCUT2D eigenvalue weighted by atomic mass is 9.85. The van der Waals surface area contributed by atoms with E-state index in [1.807, 2.05) is 0 Å². The summed E-state index contributed by atoms with van der Waals surface area (Å²) in [4.78, 5) is 10.6. The Morgan fingerprint density at radius 3 is 2.67 bits per heavy atom. The molecule has 4 nitrogen and oxygen atoms in total. The monoisotopic (exact) mass is 212 g/mol. The van der Waals surface area contributed by atoms with Gasteiger partial charge >= 0.3 is 6.16 Å². The lowest BCUT2D eigenvalue weighted by Gasteiger charge is -2.26. The smallest absolute Gasteiger partial charge is 0.438 e. The molecule has 4 heteroatoms. The summed E-state index contributed by atoms with van der Waals surface area (Å²) in [5.74, 6) is 5.39. The van der Waals surface area contributed by atoms with Crippen molar-refractivity contribution in [2.45, 2.75) is 37.7 Å². The molecule has 0 saturated heterocycles. The van der Waals surface area contributed by atoms with Crippen molar-refractivity contribution in [1.82, 2.24) is 0 Å². The second-order valence-electron chi connectivity index (χ2n) is 3.64. The minimum absolute atomic E-state index is 0.0328. The maximum atomic E-state index is 10.6. The Balaban J connectivity index is 2.32. The van der Waals surface area contributed by atoms with E-state index in [1.54, 1.807) is 0 Å². The average molecular weight is 212 g/mol. The Hall–Kier alpha value is -1.21. The van der Waals surface area contributed by atoms with Crippen molar-refractivity contribution in [3.8, 4) is 11.8 Å². The molecule has 1 aliphatic rings. The molecule has 1 N–H and O–H groups in total. The van der Waals surface area contributed by atoms with E-state index in [0.29, 0.717) is 12.8 Å². The zero-order valence-electron chi connectivity index (χ0n) is 8.91. The van der Waals surface area contributed by atoms with Crippen molar-refractivity contribution in [3.63, 3.8) is 0 Å². The van der Waals surface area contributed by atoms with Gasteiger partial charge in [-0.15, -0.1) is 0 Å². The zero-order chi connectivity index (χ0) is 11.1. The van der Waals surface area contributed by atoms with Crippen molar-refractivity contribution in [2.24, 2.45) is 0 Å². The van der Waals surface area contributed by atoms with Gasteiger partial charge in [-0.2, -0.15) is 0 Å². The van der Waals surface area contributed by atoms with Gasteiger partial charge < -0.3 is 14.6 Å². The Bertz CT molecular complexity index is 268. The molecule has 15 heavy (non-hydrogen) atoms. The Morgan fingerprint density at radius 1 is 1.40 bits per heavy atom. The molecule has 1 aliphatic carbocycles. The van der Waals surface area contributed by atoms with Crippen molar-refractivity contribution < 1.29 is 19.4 Å². The van der Waals surface area contributed by atoms with Crippen LogP contribution in [0.5, 0.6) is 0 Å². The highest BCUT2D eigenvalue weighted by Gasteiger charge is 2.26. The fourth-order valence-corrected chi connectivity index (χ4v) is 1.62. The molecular weight excluding hydrogens is 196 g/mol. The van der Waals surface area contributed by atoms with Crippen LogP contribution in [0.25, 0.3) is 0 Å². The summed E-state index contributed by atoms with van der Waals surface area (Å²) in [6, 6.07) is 0. The molecule has 0 heterocycles. The summed E-state index contributed by atoms with van der Waals surface area (Å²) >= 11 is 0. The Kier molecular flexibility index (Phi) is 4.44. The third-order valence-electron chi connectivity index (χ3n) is 2.43. The van der Waals surface area contributed by atoms with Gasteiger partial charge in [0, 0.05) is 0 Å². The molecule has 0 aromatic rings. The van der Waals surface area contributed by atoms with Crippen LogP contribution in [-0.4, -0.2) is 30.6 Å². The van der Waals surface area contributed by atoms with E-state index in [9.17, 15) is 9.90 Å². The molecule has 0 radical (unpaired) electrons. The molecule has 84 valence electrons. The van der Waals surface area contributed by atoms with Gasteiger partial charge in [-0.3, -0.25) is 0 Å². The second kappa shape index (κ2) is 5.62. The third kappa shape index (κ3) is 4.22. The van der Waals surface area contributed by atoms with Gasteiger partial charge in [0.1, 0.15) is 5.60 Å². The summed E-state index contributed by atoms with van der Waals surface area (Å²) in [5.41, 5.74) is -0.877. The maximum absolute atomic E-state index is 10.6. The van der Waals surface area contributed by atoms with Crippen LogP contribution in [-0.2, 0) is 9.47 Å². The highest BCUT2D eigenvalue weighted by atomic mass is 16.7. The molecule has 0 unspecified atom stereocenters. The summed E-state index contributed by atoms with van der Waals surface area (Å²) < 4.78 is 8.86. The largest absolute Gasteiger partial charge is 0.508 e. The first-order chi connectivity index (χ1) is 7.16. The van der Waals surface area contributed by atoms with Gasteiger partial charge in [0.2, 0.25) is 0 Å². The number of carbonyl (C=O) groups excluding carboxylic acids is 1. The van der Waals surface area contributed by atoms with Crippen molar-refractivity contribution >= 4 is 6.16 Å². The minimum atomic E-state index is -0.877. The molecule has 0 amide bonds. The SMILES string of the molecule is COC(=O)OCC#CC1(O)CCCCC1. The molecule has 1 saturated carbocycles. The van der Waals surface area contributed by atoms with E-state index >= 15 is 0 Å². The Labute approximate surface area is 89.6 Å². The van der Waals surface area contributed by atoms with Crippen molar-refractivity contribution in [3.05, 3.63) is 0 Å². The van der Waals surface area contributed by atoms with E-state index in [1.165, 1.54) is 7.11 Å². The predicted molar refractivity (Wildman–Crippen MR) is 54.2 cm³/mol. The number of carbonyl (C=O) groups is 1. The quantitative estimate of drug-likeness (QED) is 0.528. The van der Waals surface area contributed by atoms with E-state index in [0.717, 1.165) is 19.3 Å². The first kappa shape index (κ1) is 11.9. The molecule has 0 spiro atoms. The number of hydrogen-bond donors (Lipinski definition) is 1. The summed E-state index contributed by atoms with van der Waals surface area (Å²) in [6.07, 6.45) is 3.82. The van der Waals surface area contributed by atoms with Crippen LogP contribution in [0.15, 0.2) is 0 Å². The van der Waals surface area contributed by atoms with Gasteiger partial charge in [0.15, 0.2) is 6.61 Å². The highest BCUT2D eigenvalue weighted by molar-refractivity contribution is 5.59. The third-order valence-corrected chi connectivity index (χ3v) is 2.43. The summed E-state index contributed by atoms with van der Waals surface area (Å²) in [6.45, 7) is -0.0328. The van der Waals surface area contributed by atoms with Gasteiger partial charge in [0.05, 0.1) is 7.11 Å². The summed E-state index contributed by atoms with van der Waals surface area (Å²) in [5, 5.41) is 9.95. The average Bonchev–Trinajstić information content (AvgIpc) is 2.25. The van der Waals surface area contributed by atoms with E-state index in [-0.39, 0.29) is 6.61 Å². The fraction of sp³-hybridized carbons (Fsp3) is 0.727. The van der Waals surface area contributed by atoms with Crippen molar-refractivity contribution in [1.29, 1.82) is 0 Å². The van der Waals surface area contributed by atoms with Gasteiger partial charge in [-0.05, 0) is 25.7 Å². The molecular formula is C11H16O4. The lowest BCUT2D eigenvalue weighted by molar-refractivity contribution is 0.0599. The van der Waals surface area contributed by atoms with Gasteiger partial charge in [-0.1, -0.05) is 18.3 Å². The number of ether oxygens (including phenoxy) is 2. The summed E-state index contributed by atoms with van der Waals surface area (Å²) in [7, 11) is 1.24. The number of aliphatic hydroxyl groups is 1. The minimum Gasteiger partial charge on any atom is -0.438 e. The van der Waals surface area contributed by atoms with Crippen LogP contribution in [0.3, 0.4) is 0 Å². The van der Waals surface area contributed by atoms with Crippen LogP contribution in [0.1, 0.15) is 32.1 Å². The first-order valence-electron chi connectivity index (χ1n) is 5.09. The predicted octanol–water partition coefficient (Wildman–Crippen LogP) is 1.47. The maximum Gasteiger partial charge on any atom is 0.508 e. The molecule has 1 fully saturated rings.